The molecular weight excluding hydrogens is 432 g/mol. The first-order valence-corrected chi connectivity index (χ1v) is 11.6. The molecule has 33 heavy (non-hydrogen) atoms. The van der Waals surface area contributed by atoms with Crippen molar-refractivity contribution in [2.45, 2.75) is 25.9 Å². The molecule has 0 saturated carbocycles. The van der Waals surface area contributed by atoms with E-state index in [1.54, 1.807) is 7.11 Å². The van der Waals surface area contributed by atoms with E-state index in [1.807, 2.05) is 86.0 Å². The van der Waals surface area contributed by atoms with Crippen molar-refractivity contribution in [2.24, 2.45) is 0 Å². The number of aryl methyl sites for hydroxylation is 3. The third-order valence-corrected chi connectivity index (χ3v) is 6.25. The van der Waals surface area contributed by atoms with Crippen LogP contribution < -0.4 is 10.1 Å². The van der Waals surface area contributed by atoms with Gasteiger partial charge in [-0.1, -0.05) is 53.7 Å². The molecule has 0 radical (unpaired) electrons. The number of ether oxygens (including phenoxy) is 1. The van der Waals surface area contributed by atoms with Crippen LogP contribution >= 0.6 is 11.8 Å². The second kappa shape index (κ2) is 9.92. The van der Waals surface area contributed by atoms with Gasteiger partial charge in [0.05, 0.1) is 12.9 Å². The molecule has 0 aliphatic heterocycles. The molecule has 6 nitrogen and oxygen atoms in total. The van der Waals surface area contributed by atoms with Gasteiger partial charge in [0, 0.05) is 16.9 Å². The van der Waals surface area contributed by atoms with E-state index in [2.05, 4.69) is 21.6 Å². The lowest BCUT2D eigenvalue weighted by atomic mass is 10.1. The summed E-state index contributed by atoms with van der Waals surface area (Å²) in [6.45, 7) is 6.03. The van der Waals surface area contributed by atoms with Crippen LogP contribution in [0.5, 0.6) is 5.75 Å². The number of aromatic nitrogens is 3. The third-order valence-electron chi connectivity index (χ3n) is 5.32. The minimum Gasteiger partial charge on any atom is -0.497 e. The van der Waals surface area contributed by atoms with E-state index in [9.17, 15) is 4.79 Å². The van der Waals surface area contributed by atoms with Gasteiger partial charge in [0.15, 0.2) is 11.0 Å². The number of carbonyl (C=O) groups is 1. The predicted octanol–water partition coefficient (Wildman–Crippen LogP) is 5.60. The average molecular weight is 459 g/mol. The Morgan fingerprint density at radius 2 is 1.67 bits per heavy atom. The smallest absolute Gasteiger partial charge is 0.234 e. The monoisotopic (exact) mass is 458 g/mol. The van der Waals surface area contributed by atoms with Gasteiger partial charge in [0.1, 0.15) is 5.75 Å². The van der Waals surface area contributed by atoms with Crippen LogP contribution in [0.1, 0.15) is 16.7 Å². The molecule has 1 aromatic heterocycles. The molecule has 7 heteroatoms. The summed E-state index contributed by atoms with van der Waals surface area (Å²) in [7, 11) is 1.64. The zero-order valence-electron chi connectivity index (χ0n) is 19.1. The number of amides is 1. The van der Waals surface area contributed by atoms with E-state index in [-0.39, 0.29) is 11.7 Å². The standard InChI is InChI=1S/C26H26N4O2S/c1-17-7-5-10-20(15-17)25-28-29-26(30(25)21-11-13-22(32-4)14-12-21)33-16-23(31)27-24-18(2)8-6-9-19(24)3/h5-15H,16H2,1-4H3,(H,27,31). The van der Waals surface area contributed by atoms with Crippen LogP contribution in [0.2, 0.25) is 0 Å². The SMILES string of the molecule is COc1ccc(-n2c(SCC(=O)Nc3c(C)cccc3C)nnc2-c2cccc(C)c2)cc1. The number of carbonyl (C=O) groups excluding carboxylic acids is 1. The molecule has 0 atom stereocenters. The minimum atomic E-state index is -0.0845. The Hall–Kier alpha value is -3.58. The highest BCUT2D eigenvalue weighted by Gasteiger charge is 2.18. The van der Waals surface area contributed by atoms with E-state index in [1.165, 1.54) is 11.8 Å². The van der Waals surface area contributed by atoms with Crippen LogP contribution in [-0.4, -0.2) is 33.5 Å². The van der Waals surface area contributed by atoms with Crippen LogP contribution in [-0.2, 0) is 4.79 Å². The van der Waals surface area contributed by atoms with E-state index in [4.69, 9.17) is 4.74 Å². The molecule has 1 heterocycles. The van der Waals surface area contributed by atoms with Crippen molar-refractivity contribution in [3.63, 3.8) is 0 Å². The third kappa shape index (κ3) is 5.09. The fraction of sp³-hybridized carbons (Fsp3) is 0.192. The van der Waals surface area contributed by atoms with Gasteiger partial charge < -0.3 is 10.1 Å². The molecule has 0 aliphatic rings. The zero-order valence-corrected chi connectivity index (χ0v) is 19.9. The molecular formula is C26H26N4O2S. The van der Waals surface area contributed by atoms with Gasteiger partial charge in [-0.05, 0) is 62.2 Å². The first-order chi connectivity index (χ1) is 16.0. The number of methoxy groups -OCH3 is 1. The maximum atomic E-state index is 12.7. The number of anilines is 1. The Morgan fingerprint density at radius 3 is 2.33 bits per heavy atom. The number of benzene rings is 3. The highest BCUT2D eigenvalue weighted by atomic mass is 32.2. The largest absolute Gasteiger partial charge is 0.497 e. The summed E-state index contributed by atoms with van der Waals surface area (Å²) in [6, 6.07) is 21.8. The number of para-hydroxylation sites is 1. The maximum absolute atomic E-state index is 12.7. The lowest BCUT2D eigenvalue weighted by Gasteiger charge is -2.13. The van der Waals surface area contributed by atoms with Crippen molar-refractivity contribution in [1.29, 1.82) is 0 Å². The minimum absolute atomic E-state index is 0.0845. The number of nitrogens with one attached hydrogen (secondary N) is 1. The van der Waals surface area contributed by atoms with Crippen LogP contribution in [0.3, 0.4) is 0 Å². The number of nitrogens with zero attached hydrogens (tertiary/aromatic N) is 3. The number of thioether (sulfide) groups is 1. The topological polar surface area (TPSA) is 69.0 Å². The number of rotatable bonds is 7. The average Bonchev–Trinajstić information content (AvgIpc) is 3.24. The molecule has 168 valence electrons. The first kappa shape index (κ1) is 22.6. The van der Waals surface area contributed by atoms with Gasteiger partial charge in [0.25, 0.3) is 0 Å². The Bertz CT molecular complexity index is 1260. The quantitative estimate of drug-likeness (QED) is 0.365. The predicted molar refractivity (Wildman–Crippen MR) is 133 cm³/mol. The van der Waals surface area contributed by atoms with Crippen molar-refractivity contribution >= 4 is 23.4 Å². The van der Waals surface area contributed by atoms with Crippen molar-refractivity contribution in [3.8, 4) is 22.8 Å². The Kier molecular flexibility index (Phi) is 6.79. The molecule has 0 bridgehead atoms. The van der Waals surface area contributed by atoms with Crippen LogP contribution in [0.25, 0.3) is 17.1 Å². The van der Waals surface area contributed by atoms with Crippen LogP contribution in [0, 0.1) is 20.8 Å². The molecule has 1 N–H and O–H groups in total. The summed E-state index contributed by atoms with van der Waals surface area (Å²) in [6.07, 6.45) is 0. The van der Waals surface area contributed by atoms with E-state index >= 15 is 0 Å². The zero-order chi connectivity index (χ0) is 23.4. The summed E-state index contributed by atoms with van der Waals surface area (Å²) < 4.78 is 7.28. The highest BCUT2D eigenvalue weighted by Crippen LogP contribution is 2.29. The van der Waals surface area contributed by atoms with Crippen molar-refractivity contribution in [3.05, 3.63) is 83.4 Å². The Morgan fingerprint density at radius 1 is 0.970 bits per heavy atom. The Labute approximate surface area is 198 Å². The summed E-state index contributed by atoms with van der Waals surface area (Å²) in [5.74, 6) is 1.63. The molecule has 4 rings (SSSR count). The van der Waals surface area contributed by atoms with E-state index in [0.717, 1.165) is 45.2 Å². The van der Waals surface area contributed by atoms with E-state index < -0.39 is 0 Å². The second-order valence-corrected chi connectivity index (χ2v) is 8.76. The molecule has 0 aliphatic carbocycles. The first-order valence-electron chi connectivity index (χ1n) is 10.6. The molecule has 0 unspecified atom stereocenters. The fourth-order valence-corrected chi connectivity index (χ4v) is 4.37. The van der Waals surface area contributed by atoms with Gasteiger partial charge in [-0.15, -0.1) is 10.2 Å². The molecule has 3 aromatic carbocycles. The van der Waals surface area contributed by atoms with E-state index in [0.29, 0.717) is 5.16 Å². The lowest BCUT2D eigenvalue weighted by molar-refractivity contribution is -0.113. The van der Waals surface area contributed by atoms with Crippen molar-refractivity contribution < 1.29 is 9.53 Å². The highest BCUT2D eigenvalue weighted by molar-refractivity contribution is 7.99. The van der Waals surface area contributed by atoms with Gasteiger partial charge in [-0.2, -0.15) is 0 Å². The second-order valence-electron chi connectivity index (χ2n) is 7.81. The van der Waals surface area contributed by atoms with Crippen molar-refractivity contribution in [2.75, 3.05) is 18.2 Å². The lowest BCUT2D eigenvalue weighted by Crippen LogP contribution is -2.16. The summed E-state index contributed by atoms with van der Waals surface area (Å²) in [5.41, 5.74) is 5.94. The van der Waals surface area contributed by atoms with Gasteiger partial charge in [-0.25, -0.2) is 0 Å². The molecule has 1 amide bonds. The summed E-state index contributed by atoms with van der Waals surface area (Å²) in [5, 5.41) is 12.6. The molecule has 0 fully saturated rings. The molecule has 4 aromatic rings. The maximum Gasteiger partial charge on any atom is 0.234 e. The van der Waals surface area contributed by atoms with Crippen molar-refractivity contribution in [1.82, 2.24) is 14.8 Å². The normalized spacial score (nSPS) is 10.8. The summed E-state index contributed by atoms with van der Waals surface area (Å²) >= 11 is 1.36. The Balaban J connectivity index is 1.63. The summed E-state index contributed by atoms with van der Waals surface area (Å²) in [4.78, 5) is 12.7. The van der Waals surface area contributed by atoms with Crippen LogP contribution in [0.15, 0.2) is 71.9 Å². The molecule has 0 saturated heterocycles. The van der Waals surface area contributed by atoms with Gasteiger partial charge in [-0.3, -0.25) is 9.36 Å². The number of hydrogen-bond acceptors (Lipinski definition) is 5. The number of hydrogen-bond donors (Lipinski definition) is 1. The van der Waals surface area contributed by atoms with Gasteiger partial charge >= 0.3 is 0 Å². The van der Waals surface area contributed by atoms with Crippen LogP contribution in [0.4, 0.5) is 5.69 Å². The fourth-order valence-electron chi connectivity index (χ4n) is 3.62. The van der Waals surface area contributed by atoms with Gasteiger partial charge in [0.2, 0.25) is 5.91 Å². The molecule has 0 spiro atoms.